The molecule has 0 bridgehead atoms. The van der Waals surface area contributed by atoms with Crippen LogP contribution in [0.15, 0.2) is 82.2 Å². The molecular weight excluding hydrogens is 420 g/mol. The molecule has 31 heavy (non-hydrogen) atoms. The highest BCUT2D eigenvalue weighted by atomic mass is 35.5. The van der Waals surface area contributed by atoms with Gasteiger partial charge in [0.15, 0.2) is 0 Å². The first-order chi connectivity index (χ1) is 15.0. The van der Waals surface area contributed by atoms with Crippen molar-refractivity contribution in [3.05, 3.63) is 99.4 Å². The normalized spacial score (nSPS) is 10.6. The predicted octanol–water partition coefficient (Wildman–Crippen LogP) is 5.60. The van der Waals surface area contributed by atoms with Crippen molar-refractivity contribution in [3.63, 3.8) is 0 Å². The van der Waals surface area contributed by atoms with Crippen LogP contribution in [0.1, 0.15) is 15.9 Å². The average Bonchev–Trinajstić information content (AvgIpc) is 2.80. The molecule has 0 aliphatic rings. The zero-order valence-corrected chi connectivity index (χ0v) is 17.2. The van der Waals surface area contributed by atoms with Crippen molar-refractivity contribution in [2.24, 2.45) is 0 Å². The summed E-state index contributed by atoms with van der Waals surface area (Å²) in [6.45, 7) is 0.283. The van der Waals surface area contributed by atoms with E-state index in [-0.39, 0.29) is 17.8 Å². The Hall–Kier alpha value is -3.77. The van der Waals surface area contributed by atoms with Crippen LogP contribution in [-0.4, -0.2) is 13.1 Å². The molecule has 0 saturated carbocycles. The molecule has 0 aliphatic heterocycles. The molecule has 0 atom stereocenters. The van der Waals surface area contributed by atoms with Gasteiger partial charge in [-0.1, -0.05) is 35.9 Å². The van der Waals surface area contributed by atoms with Gasteiger partial charge in [-0.3, -0.25) is 4.79 Å². The molecular formula is C24H17ClO6. The SMILES string of the molecule is COC(=O)c1ccc(COc2ccc3c(=O)c(Oc4ccccc4Cl)coc3c2)cc1. The van der Waals surface area contributed by atoms with Crippen LogP contribution in [0.25, 0.3) is 11.0 Å². The lowest BCUT2D eigenvalue weighted by Crippen LogP contribution is -2.05. The van der Waals surface area contributed by atoms with E-state index in [1.165, 1.54) is 13.4 Å². The van der Waals surface area contributed by atoms with Gasteiger partial charge in [-0.05, 0) is 42.0 Å². The lowest BCUT2D eigenvalue weighted by Gasteiger charge is -2.09. The number of ether oxygens (including phenoxy) is 3. The Morgan fingerprint density at radius 3 is 2.52 bits per heavy atom. The zero-order valence-electron chi connectivity index (χ0n) is 16.5. The van der Waals surface area contributed by atoms with Crippen molar-refractivity contribution in [1.82, 2.24) is 0 Å². The quantitative estimate of drug-likeness (QED) is 0.366. The number of carbonyl (C=O) groups excluding carboxylic acids is 1. The average molecular weight is 437 g/mol. The van der Waals surface area contributed by atoms with Crippen LogP contribution >= 0.6 is 11.6 Å². The number of methoxy groups -OCH3 is 1. The number of benzene rings is 3. The fourth-order valence-electron chi connectivity index (χ4n) is 2.92. The molecule has 4 rings (SSSR count). The summed E-state index contributed by atoms with van der Waals surface area (Å²) in [4.78, 5) is 24.2. The van der Waals surface area contributed by atoms with Gasteiger partial charge in [0, 0.05) is 6.07 Å². The second kappa shape index (κ2) is 8.93. The van der Waals surface area contributed by atoms with Crippen molar-refractivity contribution in [2.75, 3.05) is 7.11 Å². The molecule has 156 valence electrons. The molecule has 6 nitrogen and oxygen atoms in total. The third-order valence-corrected chi connectivity index (χ3v) is 4.86. The standard InChI is InChI=1S/C24H17ClO6/c1-28-24(27)16-8-6-15(7-9-16)13-29-17-10-11-18-21(12-17)30-14-22(23(18)26)31-20-5-3-2-4-19(20)25/h2-12,14H,13H2,1H3. The van der Waals surface area contributed by atoms with Crippen LogP contribution in [-0.2, 0) is 11.3 Å². The fraction of sp³-hybridized carbons (Fsp3) is 0.0833. The maximum absolute atomic E-state index is 12.7. The van der Waals surface area contributed by atoms with E-state index >= 15 is 0 Å². The van der Waals surface area contributed by atoms with E-state index in [1.54, 1.807) is 66.7 Å². The maximum atomic E-state index is 12.7. The van der Waals surface area contributed by atoms with Crippen molar-refractivity contribution in [2.45, 2.75) is 6.61 Å². The van der Waals surface area contributed by atoms with Gasteiger partial charge >= 0.3 is 5.97 Å². The summed E-state index contributed by atoms with van der Waals surface area (Å²) in [6, 6.07) is 18.7. The fourth-order valence-corrected chi connectivity index (χ4v) is 3.09. The van der Waals surface area contributed by atoms with E-state index in [0.717, 1.165) is 5.56 Å². The van der Waals surface area contributed by atoms with E-state index in [4.69, 9.17) is 25.5 Å². The van der Waals surface area contributed by atoms with Crippen LogP contribution in [0.5, 0.6) is 17.2 Å². The highest BCUT2D eigenvalue weighted by Gasteiger charge is 2.12. The summed E-state index contributed by atoms with van der Waals surface area (Å²) >= 11 is 6.09. The first-order valence-corrected chi connectivity index (χ1v) is 9.71. The predicted molar refractivity (Wildman–Crippen MR) is 116 cm³/mol. The first-order valence-electron chi connectivity index (χ1n) is 9.33. The van der Waals surface area contributed by atoms with E-state index < -0.39 is 5.97 Å². The summed E-state index contributed by atoms with van der Waals surface area (Å²) < 4.78 is 21.7. The Morgan fingerprint density at radius 1 is 1.00 bits per heavy atom. The number of para-hydroxylation sites is 1. The van der Waals surface area contributed by atoms with Crippen LogP contribution < -0.4 is 14.9 Å². The second-order valence-electron chi connectivity index (χ2n) is 6.60. The van der Waals surface area contributed by atoms with Crippen molar-refractivity contribution >= 4 is 28.5 Å². The molecule has 1 heterocycles. The summed E-state index contributed by atoms with van der Waals surface area (Å²) in [7, 11) is 1.34. The number of carbonyl (C=O) groups is 1. The molecule has 0 radical (unpaired) electrons. The molecule has 7 heteroatoms. The van der Waals surface area contributed by atoms with E-state index in [2.05, 4.69) is 4.74 Å². The Balaban J connectivity index is 1.50. The number of hydrogen-bond donors (Lipinski definition) is 0. The third kappa shape index (κ3) is 4.54. The van der Waals surface area contributed by atoms with E-state index in [9.17, 15) is 9.59 Å². The van der Waals surface area contributed by atoms with E-state index in [0.29, 0.717) is 33.1 Å². The number of rotatable bonds is 6. The van der Waals surface area contributed by atoms with Gasteiger partial charge in [0.1, 0.15) is 30.0 Å². The smallest absolute Gasteiger partial charge is 0.337 e. The number of hydrogen-bond acceptors (Lipinski definition) is 6. The molecule has 1 aromatic heterocycles. The highest BCUT2D eigenvalue weighted by molar-refractivity contribution is 6.32. The van der Waals surface area contributed by atoms with E-state index in [1.807, 2.05) is 0 Å². The molecule has 0 amide bonds. The molecule has 0 fully saturated rings. The monoisotopic (exact) mass is 436 g/mol. The topological polar surface area (TPSA) is 75.0 Å². The molecule has 0 unspecified atom stereocenters. The molecule has 4 aromatic rings. The van der Waals surface area contributed by atoms with Gasteiger partial charge in [0.05, 0.1) is 23.1 Å². The molecule has 0 spiro atoms. The molecule has 3 aromatic carbocycles. The Kier molecular flexibility index (Phi) is 5.91. The van der Waals surface area contributed by atoms with Crippen LogP contribution in [0, 0.1) is 0 Å². The third-order valence-electron chi connectivity index (χ3n) is 4.55. The minimum atomic E-state index is -0.394. The molecule has 0 saturated heterocycles. The largest absolute Gasteiger partial charge is 0.489 e. The Bertz CT molecular complexity index is 1290. The van der Waals surface area contributed by atoms with Crippen molar-refractivity contribution < 1.29 is 23.4 Å². The maximum Gasteiger partial charge on any atom is 0.337 e. The zero-order chi connectivity index (χ0) is 21.8. The van der Waals surface area contributed by atoms with Crippen LogP contribution in [0.4, 0.5) is 0 Å². The second-order valence-corrected chi connectivity index (χ2v) is 7.00. The van der Waals surface area contributed by atoms with Crippen LogP contribution in [0.3, 0.4) is 0 Å². The first kappa shape index (κ1) is 20.5. The van der Waals surface area contributed by atoms with Crippen LogP contribution in [0.2, 0.25) is 5.02 Å². The summed E-state index contributed by atoms with van der Waals surface area (Å²) in [5.74, 6) is 0.552. The van der Waals surface area contributed by atoms with Gasteiger partial charge in [-0.15, -0.1) is 0 Å². The molecule has 0 aliphatic carbocycles. The Morgan fingerprint density at radius 2 is 1.77 bits per heavy atom. The summed E-state index contributed by atoms with van der Waals surface area (Å²) in [5.41, 5.74) is 1.40. The number of esters is 1. The summed E-state index contributed by atoms with van der Waals surface area (Å²) in [5, 5.41) is 0.754. The molecule has 0 N–H and O–H groups in total. The number of fused-ring (bicyclic) bond motifs is 1. The minimum Gasteiger partial charge on any atom is -0.489 e. The highest BCUT2D eigenvalue weighted by Crippen LogP contribution is 2.29. The lowest BCUT2D eigenvalue weighted by molar-refractivity contribution is 0.0600. The van der Waals surface area contributed by atoms with Gasteiger partial charge < -0.3 is 18.6 Å². The van der Waals surface area contributed by atoms with Crippen molar-refractivity contribution in [1.29, 1.82) is 0 Å². The lowest BCUT2D eigenvalue weighted by atomic mass is 10.1. The minimum absolute atomic E-state index is 0.0416. The summed E-state index contributed by atoms with van der Waals surface area (Å²) in [6.07, 6.45) is 1.25. The van der Waals surface area contributed by atoms with Gasteiger partial charge in [-0.25, -0.2) is 4.79 Å². The van der Waals surface area contributed by atoms with Gasteiger partial charge in [0.25, 0.3) is 0 Å². The van der Waals surface area contributed by atoms with Crippen molar-refractivity contribution in [3.8, 4) is 17.2 Å². The van der Waals surface area contributed by atoms with Gasteiger partial charge in [0.2, 0.25) is 11.2 Å². The van der Waals surface area contributed by atoms with Gasteiger partial charge in [-0.2, -0.15) is 0 Å². The number of halogens is 1. The Labute approximate surface area is 182 Å².